The van der Waals surface area contributed by atoms with Crippen LogP contribution in [0.5, 0.6) is 0 Å². The standard InChI is InChI=1S/C27H25ClF4N2O/c28-26(35)21-13-22(30)25(24(32)23(21)31)34-12-11-27(16-29,18-34)17-33(14-19-7-3-1-4-8-19)15-20-9-5-2-6-10-20/h1-10,13H,11-12,14-18H2. The maximum absolute atomic E-state index is 14.8. The van der Waals surface area contributed by atoms with E-state index < -0.39 is 46.0 Å². The first-order chi connectivity index (χ1) is 16.8. The van der Waals surface area contributed by atoms with Gasteiger partial charge in [0, 0.05) is 38.1 Å². The fourth-order valence-corrected chi connectivity index (χ4v) is 4.89. The van der Waals surface area contributed by atoms with Gasteiger partial charge in [-0.15, -0.1) is 0 Å². The van der Waals surface area contributed by atoms with E-state index in [0.717, 1.165) is 11.1 Å². The smallest absolute Gasteiger partial charge is 0.255 e. The van der Waals surface area contributed by atoms with Gasteiger partial charge in [-0.25, -0.2) is 13.2 Å². The molecule has 1 fully saturated rings. The minimum Gasteiger partial charge on any atom is -0.366 e. The Bertz CT molecular complexity index is 1140. The Morgan fingerprint density at radius 2 is 1.51 bits per heavy atom. The van der Waals surface area contributed by atoms with Crippen molar-refractivity contribution in [1.82, 2.24) is 4.90 Å². The Kier molecular flexibility index (Phi) is 7.77. The second kappa shape index (κ2) is 10.8. The van der Waals surface area contributed by atoms with Crippen LogP contribution in [0.25, 0.3) is 0 Å². The summed E-state index contributed by atoms with van der Waals surface area (Å²) >= 11 is 5.24. The lowest BCUT2D eigenvalue weighted by molar-refractivity contribution is 0.107. The monoisotopic (exact) mass is 504 g/mol. The molecule has 1 saturated heterocycles. The van der Waals surface area contributed by atoms with Crippen molar-refractivity contribution in [2.75, 3.05) is 31.2 Å². The average Bonchev–Trinajstić information content (AvgIpc) is 3.26. The van der Waals surface area contributed by atoms with Gasteiger partial charge in [0.25, 0.3) is 5.24 Å². The van der Waals surface area contributed by atoms with E-state index in [1.54, 1.807) is 0 Å². The van der Waals surface area contributed by atoms with Crippen LogP contribution in [-0.4, -0.2) is 36.5 Å². The molecule has 0 radical (unpaired) electrons. The molecule has 0 saturated carbocycles. The first-order valence-corrected chi connectivity index (χ1v) is 11.7. The van der Waals surface area contributed by atoms with E-state index in [9.17, 15) is 22.4 Å². The predicted octanol–water partition coefficient (Wildman–Crippen LogP) is 6.35. The van der Waals surface area contributed by atoms with Crippen LogP contribution >= 0.6 is 11.6 Å². The van der Waals surface area contributed by atoms with Crippen molar-refractivity contribution in [3.8, 4) is 0 Å². The van der Waals surface area contributed by atoms with Crippen LogP contribution in [0.4, 0.5) is 23.2 Å². The molecule has 0 amide bonds. The number of halogens is 5. The third kappa shape index (κ3) is 5.68. The fraction of sp³-hybridized carbons (Fsp3) is 0.296. The number of benzene rings is 3. The normalized spacial score (nSPS) is 17.8. The van der Waals surface area contributed by atoms with Crippen LogP contribution in [0.15, 0.2) is 66.7 Å². The number of carbonyl (C=O) groups is 1. The van der Waals surface area contributed by atoms with Crippen molar-refractivity contribution in [3.05, 3.63) is 101 Å². The molecule has 3 aromatic rings. The Hall–Kier alpha value is -2.90. The third-order valence-electron chi connectivity index (χ3n) is 6.44. The van der Waals surface area contributed by atoms with Crippen LogP contribution in [-0.2, 0) is 13.1 Å². The Balaban J connectivity index is 1.59. The molecule has 0 aromatic heterocycles. The van der Waals surface area contributed by atoms with Crippen LogP contribution in [0.3, 0.4) is 0 Å². The molecular weight excluding hydrogens is 480 g/mol. The molecule has 3 nitrogen and oxygen atoms in total. The summed E-state index contributed by atoms with van der Waals surface area (Å²) < 4.78 is 58.4. The second-order valence-corrected chi connectivity index (χ2v) is 9.42. The predicted molar refractivity (Wildman–Crippen MR) is 129 cm³/mol. The largest absolute Gasteiger partial charge is 0.366 e. The summed E-state index contributed by atoms with van der Waals surface area (Å²) in [7, 11) is 0. The lowest BCUT2D eigenvalue weighted by Crippen LogP contribution is -2.41. The van der Waals surface area contributed by atoms with Gasteiger partial charge in [0.1, 0.15) is 5.69 Å². The maximum Gasteiger partial charge on any atom is 0.255 e. The van der Waals surface area contributed by atoms with Gasteiger partial charge in [-0.05, 0) is 35.2 Å². The molecule has 184 valence electrons. The SMILES string of the molecule is O=C(Cl)c1cc(F)c(N2CCC(CF)(CN(Cc3ccccc3)Cc3ccccc3)C2)c(F)c1F. The molecule has 4 rings (SSSR count). The Morgan fingerprint density at radius 3 is 2.03 bits per heavy atom. The molecule has 0 bridgehead atoms. The topological polar surface area (TPSA) is 23.6 Å². The average molecular weight is 505 g/mol. The zero-order valence-corrected chi connectivity index (χ0v) is 19.7. The summed E-state index contributed by atoms with van der Waals surface area (Å²) in [6.07, 6.45) is 0.334. The highest BCUT2D eigenvalue weighted by Crippen LogP contribution is 2.39. The highest BCUT2D eigenvalue weighted by Gasteiger charge is 2.42. The van der Waals surface area contributed by atoms with Crippen LogP contribution < -0.4 is 4.90 Å². The minimum atomic E-state index is -1.51. The van der Waals surface area contributed by atoms with Gasteiger partial charge in [0.2, 0.25) is 0 Å². The van der Waals surface area contributed by atoms with E-state index in [4.69, 9.17) is 11.6 Å². The highest BCUT2D eigenvalue weighted by molar-refractivity contribution is 6.67. The Morgan fingerprint density at radius 1 is 0.943 bits per heavy atom. The third-order valence-corrected chi connectivity index (χ3v) is 6.64. The van der Waals surface area contributed by atoms with Crippen molar-refractivity contribution in [1.29, 1.82) is 0 Å². The molecule has 1 heterocycles. The number of alkyl halides is 1. The summed E-state index contributed by atoms with van der Waals surface area (Å²) in [6.45, 7) is 0.935. The zero-order valence-electron chi connectivity index (χ0n) is 19.0. The van der Waals surface area contributed by atoms with E-state index in [1.807, 2.05) is 60.7 Å². The molecular formula is C27H25ClF4N2O. The molecule has 1 atom stereocenters. The van der Waals surface area contributed by atoms with Crippen LogP contribution in [0, 0.1) is 22.9 Å². The fourth-order valence-electron chi connectivity index (χ4n) is 4.75. The molecule has 1 aliphatic heterocycles. The quantitative estimate of drug-likeness (QED) is 0.193. The van der Waals surface area contributed by atoms with Crippen molar-refractivity contribution < 1.29 is 22.4 Å². The van der Waals surface area contributed by atoms with Gasteiger partial charge < -0.3 is 4.90 Å². The van der Waals surface area contributed by atoms with Crippen LogP contribution in [0.2, 0.25) is 0 Å². The number of hydrogen-bond acceptors (Lipinski definition) is 3. The molecule has 8 heteroatoms. The van der Waals surface area contributed by atoms with Crippen molar-refractivity contribution in [3.63, 3.8) is 0 Å². The lowest BCUT2D eigenvalue weighted by atomic mass is 9.87. The van der Waals surface area contributed by atoms with Gasteiger partial charge in [-0.2, -0.15) is 0 Å². The van der Waals surface area contributed by atoms with E-state index in [-0.39, 0.29) is 13.1 Å². The number of nitrogens with zero attached hydrogens (tertiary/aromatic N) is 2. The highest BCUT2D eigenvalue weighted by atomic mass is 35.5. The molecule has 35 heavy (non-hydrogen) atoms. The number of hydrogen-bond donors (Lipinski definition) is 0. The summed E-state index contributed by atoms with van der Waals surface area (Å²) in [4.78, 5) is 14.7. The summed E-state index contributed by atoms with van der Waals surface area (Å²) in [5.41, 5.74) is -0.240. The van der Waals surface area contributed by atoms with Gasteiger partial charge in [-0.3, -0.25) is 14.1 Å². The van der Waals surface area contributed by atoms with Crippen molar-refractivity contribution in [2.45, 2.75) is 19.5 Å². The second-order valence-electron chi connectivity index (χ2n) is 9.08. The summed E-state index contributed by atoms with van der Waals surface area (Å²) in [6, 6.07) is 20.2. The van der Waals surface area contributed by atoms with Crippen molar-refractivity contribution >= 4 is 22.5 Å². The van der Waals surface area contributed by atoms with Crippen LogP contribution in [0.1, 0.15) is 27.9 Å². The van der Waals surface area contributed by atoms with E-state index in [0.29, 0.717) is 32.1 Å². The van der Waals surface area contributed by atoms with E-state index >= 15 is 0 Å². The van der Waals surface area contributed by atoms with Crippen molar-refractivity contribution in [2.24, 2.45) is 5.41 Å². The minimum absolute atomic E-state index is 0.00499. The molecule has 1 unspecified atom stereocenters. The van der Waals surface area contributed by atoms with Gasteiger partial charge in [0.15, 0.2) is 17.5 Å². The molecule has 0 aliphatic carbocycles. The van der Waals surface area contributed by atoms with Gasteiger partial charge in [0.05, 0.1) is 12.2 Å². The number of carbonyl (C=O) groups excluding carboxylic acids is 1. The summed E-state index contributed by atoms with van der Waals surface area (Å²) in [5.74, 6) is -4.10. The molecule has 1 aliphatic rings. The lowest BCUT2D eigenvalue weighted by Gasteiger charge is -2.34. The molecule has 0 N–H and O–H groups in total. The maximum atomic E-state index is 14.8. The van der Waals surface area contributed by atoms with Gasteiger partial charge >= 0.3 is 0 Å². The van der Waals surface area contributed by atoms with E-state index in [2.05, 4.69) is 4.90 Å². The molecule has 0 spiro atoms. The first kappa shape index (κ1) is 25.2. The van der Waals surface area contributed by atoms with Gasteiger partial charge in [-0.1, -0.05) is 60.7 Å². The Labute approximate surface area is 206 Å². The summed E-state index contributed by atoms with van der Waals surface area (Å²) in [5, 5.41) is -1.29. The first-order valence-electron chi connectivity index (χ1n) is 11.3. The number of anilines is 1. The number of rotatable bonds is 9. The molecule has 3 aromatic carbocycles. The zero-order chi connectivity index (χ0) is 25.0. The van der Waals surface area contributed by atoms with E-state index in [1.165, 1.54) is 4.90 Å².